The second-order valence-corrected chi connectivity index (χ2v) is 6.79. The van der Waals surface area contributed by atoms with Crippen LogP contribution in [-0.2, 0) is 0 Å². The Bertz CT molecular complexity index is 970. The lowest BCUT2D eigenvalue weighted by Crippen LogP contribution is -2.22. The van der Waals surface area contributed by atoms with Crippen molar-refractivity contribution in [3.8, 4) is 0 Å². The lowest BCUT2D eigenvalue weighted by molar-refractivity contribution is 0.0829. The number of fused-ring (bicyclic) bond motifs is 1. The highest BCUT2D eigenvalue weighted by atomic mass is 35.5. The minimum atomic E-state index is -0.139. The summed E-state index contributed by atoms with van der Waals surface area (Å²) in [5.41, 5.74) is 2.30. The number of amides is 1. The van der Waals surface area contributed by atoms with Crippen LogP contribution >= 0.6 is 23.2 Å². The minimum Gasteiger partial charge on any atom is -0.345 e. The van der Waals surface area contributed by atoms with Gasteiger partial charge in [0.25, 0.3) is 5.91 Å². The zero-order chi connectivity index (χ0) is 18.1. The van der Waals surface area contributed by atoms with Crippen LogP contribution in [0, 0.1) is 6.92 Å². The summed E-state index contributed by atoms with van der Waals surface area (Å²) in [5, 5.41) is 5.98. The van der Waals surface area contributed by atoms with Crippen molar-refractivity contribution < 1.29 is 4.79 Å². The quantitative estimate of drug-likeness (QED) is 0.677. The Labute approximate surface area is 156 Å². The Morgan fingerprint density at radius 2 is 1.88 bits per heavy atom. The molecule has 4 nitrogen and oxygen atoms in total. The number of rotatable bonds is 3. The zero-order valence-electron chi connectivity index (χ0n) is 14.1. The van der Waals surface area contributed by atoms with E-state index in [-0.39, 0.29) is 5.91 Å². The molecule has 0 saturated heterocycles. The fourth-order valence-corrected chi connectivity index (χ4v) is 3.01. The molecule has 0 bridgehead atoms. The molecule has 0 saturated carbocycles. The van der Waals surface area contributed by atoms with E-state index in [1.54, 1.807) is 26.4 Å². The van der Waals surface area contributed by atoms with Gasteiger partial charge in [-0.05, 0) is 36.8 Å². The number of benzene rings is 2. The monoisotopic (exact) mass is 373 g/mol. The Morgan fingerprint density at radius 1 is 1.12 bits per heavy atom. The second kappa shape index (κ2) is 6.90. The molecule has 3 aromatic rings. The molecule has 0 unspecified atom stereocenters. The van der Waals surface area contributed by atoms with Crippen molar-refractivity contribution in [2.45, 2.75) is 6.92 Å². The number of nitrogens with one attached hydrogen (secondary N) is 1. The van der Waals surface area contributed by atoms with Gasteiger partial charge in [0, 0.05) is 46.8 Å². The van der Waals surface area contributed by atoms with Crippen LogP contribution in [0.3, 0.4) is 0 Å². The first-order chi connectivity index (χ1) is 11.9. The van der Waals surface area contributed by atoms with E-state index in [0.717, 1.165) is 16.6 Å². The van der Waals surface area contributed by atoms with Crippen molar-refractivity contribution in [1.82, 2.24) is 9.88 Å². The fourth-order valence-electron chi connectivity index (χ4n) is 2.62. The number of aryl methyl sites for hydroxylation is 1. The third kappa shape index (κ3) is 3.41. The average molecular weight is 374 g/mol. The van der Waals surface area contributed by atoms with Gasteiger partial charge in [-0.25, -0.2) is 4.98 Å². The summed E-state index contributed by atoms with van der Waals surface area (Å²) in [5.74, 6) is 0.494. The Balaban J connectivity index is 2.14. The summed E-state index contributed by atoms with van der Waals surface area (Å²) >= 11 is 12.5. The first kappa shape index (κ1) is 17.5. The normalized spacial score (nSPS) is 10.8. The van der Waals surface area contributed by atoms with E-state index in [9.17, 15) is 4.79 Å². The predicted octanol–water partition coefficient (Wildman–Crippen LogP) is 5.30. The first-order valence-corrected chi connectivity index (χ1v) is 8.46. The minimum absolute atomic E-state index is 0.139. The molecule has 0 spiro atoms. The number of carbonyl (C=O) groups is 1. The van der Waals surface area contributed by atoms with Crippen LogP contribution in [0.2, 0.25) is 10.0 Å². The van der Waals surface area contributed by atoms with Crippen molar-refractivity contribution in [3.63, 3.8) is 0 Å². The third-order valence-corrected chi connectivity index (χ3v) is 4.66. The van der Waals surface area contributed by atoms with Crippen molar-refractivity contribution >= 4 is 51.4 Å². The van der Waals surface area contributed by atoms with Crippen LogP contribution in [0.25, 0.3) is 10.8 Å². The smallest absolute Gasteiger partial charge is 0.255 e. The summed E-state index contributed by atoms with van der Waals surface area (Å²) in [6, 6.07) is 11.2. The molecule has 128 valence electrons. The van der Waals surface area contributed by atoms with Gasteiger partial charge in [0.05, 0.1) is 5.56 Å². The maximum atomic E-state index is 12.5. The lowest BCUT2D eigenvalue weighted by atomic mass is 10.1. The van der Waals surface area contributed by atoms with Crippen molar-refractivity contribution in [3.05, 3.63) is 63.8 Å². The molecule has 25 heavy (non-hydrogen) atoms. The number of nitrogens with zero attached hydrogens (tertiary/aromatic N) is 2. The summed E-state index contributed by atoms with van der Waals surface area (Å²) in [4.78, 5) is 18.4. The van der Waals surface area contributed by atoms with Gasteiger partial charge < -0.3 is 10.2 Å². The molecule has 3 rings (SSSR count). The molecule has 0 aliphatic rings. The van der Waals surface area contributed by atoms with Gasteiger partial charge in [0.2, 0.25) is 0 Å². The standard InChI is InChI=1S/C19H17Cl2N3O/c1-11-9-12(7-8-15(11)20)23-18-13-5-4-6-16(21)17(13)14(10-22-18)19(25)24(2)3/h4-10H,1-3H3,(H,22,23). The molecular formula is C19H17Cl2N3O. The van der Waals surface area contributed by atoms with Gasteiger partial charge in [-0.2, -0.15) is 0 Å². The number of pyridine rings is 1. The molecule has 1 N–H and O–H groups in total. The molecule has 0 radical (unpaired) electrons. The van der Waals surface area contributed by atoms with E-state index in [1.165, 1.54) is 4.90 Å². The molecule has 1 aromatic heterocycles. The highest BCUT2D eigenvalue weighted by molar-refractivity contribution is 6.37. The number of anilines is 2. The van der Waals surface area contributed by atoms with Crippen LogP contribution in [0.4, 0.5) is 11.5 Å². The van der Waals surface area contributed by atoms with Crippen molar-refractivity contribution in [2.24, 2.45) is 0 Å². The highest BCUT2D eigenvalue weighted by Crippen LogP contribution is 2.33. The lowest BCUT2D eigenvalue weighted by Gasteiger charge is -2.16. The Kier molecular flexibility index (Phi) is 4.84. The second-order valence-electron chi connectivity index (χ2n) is 5.97. The zero-order valence-corrected chi connectivity index (χ0v) is 15.6. The molecule has 0 atom stereocenters. The van der Waals surface area contributed by atoms with Gasteiger partial charge in [0.1, 0.15) is 5.82 Å². The van der Waals surface area contributed by atoms with Gasteiger partial charge in [-0.1, -0.05) is 35.3 Å². The Hall–Kier alpha value is -2.30. The maximum absolute atomic E-state index is 12.5. The molecule has 1 amide bonds. The average Bonchev–Trinajstić information content (AvgIpc) is 2.58. The van der Waals surface area contributed by atoms with E-state index in [1.807, 2.05) is 37.3 Å². The largest absolute Gasteiger partial charge is 0.345 e. The van der Waals surface area contributed by atoms with E-state index in [0.29, 0.717) is 26.8 Å². The molecule has 0 fully saturated rings. The van der Waals surface area contributed by atoms with Gasteiger partial charge in [-0.15, -0.1) is 0 Å². The SMILES string of the molecule is Cc1cc(Nc2ncc(C(=O)N(C)C)c3c(Cl)cccc23)ccc1Cl. The summed E-state index contributed by atoms with van der Waals surface area (Å²) < 4.78 is 0. The maximum Gasteiger partial charge on any atom is 0.255 e. The van der Waals surface area contributed by atoms with Crippen LogP contribution in [0.5, 0.6) is 0 Å². The van der Waals surface area contributed by atoms with Crippen LogP contribution < -0.4 is 5.32 Å². The number of halogens is 2. The number of aromatic nitrogens is 1. The van der Waals surface area contributed by atoms with E-state index < -0.39 is 0 Å². The van der Waals surface area contributed by atoms with Gasteiger partial charge in [-0.3, -0.25) is 4.79 Å². The number of carbonyl (C=O) groups excluding carboxylic acids is 1. The van der Waals surface area contributed by atoms with Crippen LogP contribution in [-0.4, -0.2) is 29.9 Å². The molecule has 6 heteroatoms. The summed E-state index contributed by atoms with van der Waals surface area (Å²) in [7, 11) is 3.40. The topological polar surface area (TPSA) is 45.2 Å². The third-order valence-electron chi connectivity index (χ3n) is 3.92. The van der Waals surface area contributed by atoms with Crippen LogP contribution in [0.1, 0.15) is 15.9 Å². The number of hydrogen-bond donors (Lipinski definition) is 1. The molecule has 0 aliphatic carbocycles. The summed E-state index contributed by atoms with van der Waals surface area (Å²) in [6.45, 7) is 1.94. The van der Waals surface area contributed by atoms with Crippen LogP contribution in [0.15, 0.2) is 42.6 Å². The van der Waals surface area contributed by atoms with E-state index >= 15 is 0 Å². The molecule has 0 aliphatic heterocycles. The molecule has 2 aromatic carbocycles. The first-order valence-electron chi connectivity index (χ1n) is 7.70. The highest BCUT2D eigenvalue weighted by Gasteiger charge is 2.17. The van der Waals surface area contributed by atoms with E-state index in [4.69, 9.17) is 23.2 Å². The molecular weight excluding hydrogens is 357 g/mol. The Morgan fingerprint density at radius 3 is 2.56 bits per heavy atom. The van der Waals surface area contributed by atoms with Gasteiger partial charge >= 0.3 is 0 Å². The fraction of sp³-hybridized carbons (Fsp3) is 0.158. The number of hydrogen-bond acceptors (Lipinski definition) is 3. The molecule has 1 heterocycles. The van der Waals surface area contributed by atoms with Crippen molar-refractivity contribution in [2.75, 3.05) is 19.4 Å². The predicted molar refractivity (Wildman–Crippen MR) is 104 cm³/mol. The van der Waals surface area contributed by atoms with Gasteiger partial charge in [0.15, 0.2) is 0 Å². The van der Waals surface area contributed by atoms with E-state index in [2.05, 4.69) is 10.3 Å². The summed E-state index contributed by atoms with van der Waals surface area (Å²) in [6.07, 6.45) is 1.56. The van der Waals surface area contributed by atoms with Crippen molar-refractivity contribution in [1.29, 1.82) is 0 Å².